The van der Waals surface area contributed by atoms with Gasteiger partial charge in [-0.2, -0.15) is 0 Å². The standard InChI is InChI=1S/C22H28N2O3/c1-27-21-10-6-5-9-19(21)16-23-22(26)24-13-11-18(12-14-24)20(25)15-17-7-3-2-4-8-17/h2-10,18,20,25H,11-16H2,1H3,(H,23,26)/t20-/m1/s1. The van der Waals surface area contributed by atoms with Gasteiger partial charge in [-0.25, -0.2) is 4.79 Å². The highest BCUT2D eigenvalue weighted by molar-refractivity contribution is 5.74. The fraction of sp³-hybridized carbons (Fsp3) is 0.409. The number of hydrogen-bond acceptors (Lipinski definition) is 3. The van der Waals surface area contributed by atoms with E-state index < -0.39 is 0 Å². The summed E-state index contributed by atoms with van der Waals surface area (Å²) in [6.45, 7) is 1.79. The van der Waals surface area contributed by atoms with Gasteiger partial charge in [0.2, 0.25) is 0 Å². The highest BCUT2D eigenvalue weighted by Crippen LogP contribution is 2.23. The molecule has 0 radical (unpaired) electrons. The third kappa shape index (κ3) is 5.23. The van der Waals surface area contributed by atoms with Crippen LogP contribution in [0.5, 0.6) is 5.75 Å². The first-order valence-corrected chi connectivity index (χ1v) is 9.54. The molecule has 2 N–H and O–H groups in total. The molecule has 0 unspecified atom stereocenters. The third-order valence-electron chi connectivity index (χ3n) is 5.28. The predicted molar refractivity (Wildman–Crippen MR) is 106 cm³/mol. The van der Waals surface area contributed by atoms with Crippen LogP contribution in [-0.4, -0.2) is 42.3 Å². The molecule has 1 fully saturated rings. The van der Waals surface area contributed by atoms with Gasteiger partial charge in [0, 0.05) is 25.2 Å². The van der Waals surface area contributed by atoms with Crippen LogP contribution in [0.25, 0.3) is 0 Å². The number of carbonyl (C=O) groups is 1. The van der Waals surface area contributed by atoms with E-state index in [0.29, 0.717) is 26.1 Å². The van der Waals surface area contributed by atoms with Crippen molar-refractivity contribution in [1.82, 2.24) is 10.2 Å². The molecule has 1 heterocycles. The van der Waals surface area contributed by atoms with Crippen molar-refractivity contribution in [2.75, 3.05) is 20.2 Å². The number of hydrogen-bond donors (Lipinski definition) is 2. The van der Waals surface area contributed by atoms with Gasteiger partial charge in [-0.3, -0.25) is 0 Å². The highest BCUT2D eigenvalue weighted by Gasteiger charge is 2.27. The van der Waals surface area contributed by atoms with Gasteiger partial charge in [-0.05, 0) is 36.8 Å². The van der Waals surface area contributed by atoms with Crippen molar-refractivity contribution in [2.45, 2.75) is 31.9 Å². The van der Waals surface area contributed by atoms with Gasteiger partial charge in [-0.15, -0.1) is 0 Å². The molecule has 3 rings (SSSR count). The molecule has 27 heavy (non-hydrogen) atoms. The number of methoxy groups -OCH3 is 1. The average Bonchev–Trinajstić information content (AvgIpc) is 2.73. The van der Waals surface area contributed by atoms with Gasteiger partial charge in [0.15, 0.2) is 0 Å². The molecule has 0 bridgehead atoms. The first kappa shape index (κ1) is 19.2. The summed E-state index contributed by atoms with van der Waals surface area (Å²) in [6.07, 6.45) is 1.98. The van der Waals surface area contributed by atoms with Crippen molar-refractivity contribution in [3.05, 3.63) is 65.7 Å². The average molecular weight is 368 g/mol. The summed E-state index contributed by atoms with van der Waals surface area (Å²) in [5.74, 6) is 1.02. The van der Waals surface area contributed by atoms with E-state index in [0.717, 1.165) is 29.7 Å². The van der Waals surface area contributed by atoms with E-state index in [2.05, 4.69) is 5.32 Å². The van der Waals surface area contributed by atoms with E-state index >= 15 is 0 Å². The molecule has 2 aromatic rings. The minimum atomic E-state index is -0.355. The minimum Gasteiger partial charge on any atom is -0.496 e. The number of aliphatic hydroxyl groups is 1. The second kappa shape index (κ2) is 9.42. The fourth-order valence-corrected chi connectivity index (χ4v) is 3.64. The first-order chi connectivity index (χ1) is 13.2. The van der Waals surface area contributed by atoms with Gasteiger partial charge in [-0.1, -0.05) is 48.5 Å². The molecule has 144 valence electrons. The Balaban J connectivity index is 1.45. The van der Waals surface area contributed by atoms with Crippen molar-refractivity contribution in [1.29, 1.82) is 0 Å². The number of benzene rings is 2. The first-order valence-electron chi connectivity index (χ1n) is 9.54. The van der Waals surface area contributed by atoms with Crippen molar-refractivity contribution in [3.63, 3.8) is 0 Å². The summed E-state index contributed by atoms with van der Waals surface area (Å²) in [5.41, 5.74) is 2.11. The second-order valence-electron chi connectivity index (χ2n) is 7.05. The zero-order chi connectivity index (χ0) is 19.1. The lowest BCUT2D eigenvalue weighted by Crippen LogP contribution is -2.46. The number of para-hydroxylation sites is 1. The topological polar surface area (TPSA) is 61.8 Å². The second-order valence-corrected chi connectivity index (χ2v) is 7.05. The number of ether oxygens (including phenoxy) is 1. The van der Waals surface area contributed by atoms with Crippen LogP contribution in [0.15, 0.2) is 54.6 Å². The molecule has 2 aromatic carbocycles. The zero-order valence-corrected chi connectivity index (χ0v) is 15.8. The Hall–Kier alpha value is -2.53. The Kier molecular flexibility index (Phi) is 6.71. The van der Waals surface area contributed by atoms with E-state index in [-0.39, 0.29) is 18.1 Å². The molecule has 2 amide bonds. The molecule has 1 saturated heterocycles. The van der Waals surface area contributed by atoms with E-state index in [1.54, 1.807) is 7.11 Å². The molecule has 0 spiro atoms. The number of likely N-dealkylation sites (tertiary alicyclic amines) is 1. The summed E-state index contributed by atoms with van der Waals surface area (Å²) in [6, 6.07) is 17.7. The van der Waals surface area contributed by atoms with Crippen LogP contribution in [-0.2, 0) is 13.0 Å². The van der Waals surface area contributed by atoms with Crippen LogP contribution < -0.4 is 10.1 Å². The van der Waals surface area contributed by atoms with Crippen molar-refractivity contribution < 1.29 is 14.6 Å². The lowest BCUT2D eigenvalue weighted by molar-refractivity contribution is 0.0671. The van der Waals surface area contributed by atoms with E-state index in [9.17, 15) is 9.90 Å². The number of rotatable bonds is 6. The predicted octanol–water partition coefficient (Wildman–Crippen LogP) is 3.22. The Morgan fingerprint density at radius 1 is 1.15 bits per heavy atom. The Morgan fingerprint density at radius 3 is 2.52 bits per heavy atom. The van der Waals surface area contributed by atoms with E-state index in [4.69, 9.17) is 4.74 Å². The Labute approximate surface area is 161 Å². The molecule has 0 aromatic heterocycles. The van der Waals surface area contributed by atoms with Crippen LogP contribution in [0.3, 0.4) is 0 Å². The Bertz CT molecular complexity index is 727. The molecule has 1 atom stereocenters. The quantitative estimate of drug-likeness (QED) is 0.823. The minimum absolute atomic E-state index is 0.0584. The Morgan fingerprint density at radius 2 is 1.81 bits per heavy atom. The third-order valence-corrected chi connectivity index (χ3v) is 5.28. The molecule has 0 aliphatic carbocycles. The lowest BCUT2D eigenvalue weighted by Gasteiger charge is -2.34. The van der Waals surface area contributed by atoms with E-state index in [1.807, 2.05) is 59.5 Å². The summed E-state index contributed by atoms with van der Waals surface area (Å²) < 4.78 is 5.32. The highest BCUT2D eigenvalue weighted by atomic mass is 16.5. The van der Waals surface area contributed by atoms with Crippen LogP contribution in [0, 0.1) is 5.92 Å². The molecule has 0 saturated carbocycles. The number of carbonyl (C=O) groups excluding carboxylic acids is 1. The van der Waals surface area contributed by atoms with Crippen molar-refractivity contribution in [3.8, 4) is 5.75 Å². The van der Waals surface area contributed by atoms with Crippen molar-refractivity contribution in [2.24, 2.45) is 5.92 Å². The van der Waals surface area contributed by atoms with E-state index in [1.165, 1.54) is 0 Å². The number of urea groups is 1. The van der Waals surface area contributed by atoms with Gasteiger partial charge < -0.3 is 20.1 Å². The zero-order valence-electron chi connectivity index (χ0n) is 15.8. The van der Waals surface area contributed by atoms with Gasteiger partial charge in [0.05, 0.1) is 13.2 Å². The summed E-state index contributed by atoms with van der Waals surface area (Å²) in [7, 11) is 1.63. The number of piperidine rings is 1. The largest absolute Gasteiger partial charge is 0.496 e. The van der Waals surface area contributed by atoms with Gasteiger partial charge in [0.25, 0.3) is 0 Å². The van der Waals surface area contributed by atoms with Crippen molar-refractivity contribution >= 4 is 6.03 Å². The maximum atomic E-state index is 12.5. The molecule has 5 nitrogen and oxygen atoms in total. The summed E-state index contributed by atoms with van der Waals surface area (Å²) >= 11 is 0. The molecule has 5 heteroatoms. The number of amides is 2. The molecule has 1 aliphatic heterocycles. The lowest BCUT2D eigenvalue weighted by atomic mass is 9.88. The summed E-state index contributed by atoms with van der Waals surface area (Å²) in [5, 5.41) is 13.5. The SMILES string of the molecule is COc1ccccc1CNC(=O)N1CCC([C@H](O)Cc2ccccc2)CC1. The van der Waals surface area contributed by atoms with Crippen LogP contribution in [0.2, 0.25) is 0 Å². The number of nitrogens with zero attached hydrogens (tertiary/aromatic N) is 1. The maximum absolute atomic E-state index is 12.5. The number of aliphatic hydroxyl groups excluding tert-OH is 1. The summed E-state index contributed by atoms with van der Waals surface area (Å²) in [4.78, 5) is 14.3. The van der Waals surface area contributed by atoms with Gasteiger partial charge in [0.1, 0.15) is 5.75 Å². The molecular weight excluding hydrogens is 340 g/mol. The smallest absolute Gasteiger partial charge is 0.317 e. The van der Waals surface area contributed by atoms with Crippen LogP contribution in [0.4, 0.5) is 4.79 Å². The normalized spacial score (nSPS) is 16.0. The van der Waals surface area contributed by atoms with Crippen LogP contribution >= 0.6 is 0 Å². The monoisotopic (exact) mass is 368 g/mol. The molecular formula is C22H28N2O3. The van der Waals surface area contributed by atoms with Crippen LogP contribution in [0.1, 0.15) is 24.0 Å². The fourth-order valence-electron chi connectivity index (χ4n) is 3.64. The molecule has 1 aliphatic rings. The number of nitrogens with one attached hydrogen (secondary N) is 1. The maximum Gasteiger partial charge on any atom is 0.317 e. The van der Waals surface area contributed by atoms with Gasteiger partial charge >= 0.3 is 6.03 Å².